The Morgan fingerprint density at radius 1 is 1.07 bits per heavy atom. The van der Waals surface area contributed by atoms with Crippen LogP contribution in [-0.2, 0) is 11.3 Å². The van der Waals surface area contributed by atoms with Crippen molar-refractivity contribution in [1.29, 1.82) is 0 Å². The molecule has 0 unspecified atom stereocenters. The second-order valence-corrected chi connectivity index (χ2v) is 8.21. The minimum absolute atomic E-state index is 0.0718. The number of aromatic nitrogens is 2. The minimum Gasteiger partial charge on any atom is -0.369 e. The quantitative estimate of drug-likeness (QED) is 0.390. The third-order valence-corrected chi connectivity index (χ3v) is 6.34. The lowest BCUT2D eigenvalue weighted by Crippen LogP contribution is -2.24. The predicted octanol–water partition coefficient (Wildman–Crippen LogP) is 3.75. The zero-order valence-corrected chi connectivity index (χ0v) is 16.5. The number of carbonyl (C=O) groups is 1. The van der Waals surface area contributed by atoms with E-state index in [0.717, 1.165) is 16.0 Å². The predicted molar refractivity (Wildman–Crippen MR) is 115 cm³/mol. The molecule has 0 aliphatic carbocycles. The van der Waals surface area contributed by atoms with Crippen LogP contribution in [0.25, 0.3) is 20.7 Å². The number of amides is 1. The van der Waals surface area contributed by atoms with Crippen molar-refractivity contribution in [3.8, 4) is 10.4 Å². The first-order valence-corrected chi connectivity index (χ1v) is 10.5. The normalized spacial score (nSPS) is 11.0. The fraction of sp³-hybridized carbons (Fsp3) is 0.0952. The molecule has 4 aromatic rings. The van der Waals surface area contributed by atoms with E-state index in [0.29, 0.717) is 21.9 Å². The molecule has 2 heterocycles. The SMILES string of the molecule is NC(=O)CSc1nc2cc(-c3ccccc3)sc2c(=O)n1Cc1ccccc1. The molecule has 0 radical (unpaired) electrons. The number of benzene rings is 2. The molecular formula is C21H17N3O2S2. The van der Waals surface area contributed by atoms with Gasteiger partial charge in [0.05, 0.1) is 17.8 Å². The molecule has 0 bridgehead atoms. The van der Waals surface area contributed by atoms with Gasteiger partial charge in [-0.2, -0.15) is 0 Å². The van der Waals surface area contributed by atoms with Gasteiger partial charge in [-0.3, -0.25) is 14.2 Å². The lowest BCUT2D eigenvalue weighted by molar-refractivity contribution is -0.115. The van der Waals surface area contributed by atoms with Crippen LogP contribution in [0.15, 0.2) is 76.7 Å². The van der Waals surface area contributed by atoms with E-state index in [9.17, 15) is 9.59 Å². The van der Waals surface area contributed by atoms with Gasteiger partial charge in [0.1, 0.15) is 4.70 Å². The Balaban J connectivity index is 1.84. The van der Waals surface area contributed by atoms with Crippen molar-refractivity contribution in [2.45, 2.75) is 11.7 Å². The van der Waals surface area contributed by atoms with Crippen LogP contribution in [0.4, 0.5) is 0 Å². The molecule has 7 heteroatoms. The number of thioether (sulfide) groups is 1. The number of hydrogen-bond donors (Lipinski definition) is 1. The van der Waals surface area contributed by atoms with E-state index >= 15 is 0 Å². The highest BCUT2D eigenvalue weighted by atomic mass is 32.2. The highest BCUT2D eigenvalue weighted by molar-refractivity contribution is 7.99. The first-order chi connectivity index (χ1) is 13.6. The first-order valence-electron chi connectivity index (χ1n) is 8.66. The minimum atomic E-state index is -0.444. The summed E-state index contributed by atoms with van der Waals surface area (Å²) in [6, 6.07) is 21.6. The van der Waals surface area contributed by atoms with E-state index in [2.05, 4.69) is 4.98 Å². The molecule has 0 atom stereocenters. The molecule has 2 aromatic heterocycles. The second kappa shape index (κ2) is 8.00. The summed E-state index contributed by atoms with van der Waals surface area (Å²) in [6.45, 7) is 0.391. The Bertz CT molecular complexity index is 1180. The average Bonchev–Trinajstić information content (AvgIpc) is 3.15. The lowest BCUT2D eigenvalue weighted by Gasteiger charge is -2.11. The van der Waals surface area contributed by atoms with Crippen LogP contribution < -0.4 is 11.3 Å². The highest BCUT2D eigenvalue weighted by Gasteiger charge is 2.16. The van der Waals surface area contributed by atoms with E-state index in [1.54, 1.807) is 4.57 Å². The molecule has 140 valence electrons. The van der Waals surface area contributed by atoms with Crippen molar-refractivity contribution in [3.05, 3.63) is 82.6 Å². The third kappa shape index (κ3) is 3.85. The Kier molecular flexibility index (Phi) is 5.27. The number of nitrogens with zero attached hydrogens (tertiary/aromatic N) is 2. The summed E-state index contributed by atoms with van der Waals surface area (Å²) in [7, 11) is 0. The summed E-state index contributed by atoms with van der Waals surface area (Å²) in [6.07, 6.45) is 0. The van der Waals surface area contributed by atoms with Gasteiger partial charge in [0, 0.05) is 4.88 Å². The van der Waals surface area contributed by atoms with E-state index in [1.165, 1.54) is 23.1 Å². The Morgan fingerprint density at radius 2 is 1.75 bits per heavy atom. The van der Waals surface area contributed by atoms with Gasteiger partial charge < -0.3 is 5.73 Å². The van der Waals surface area contributed by atoms with Gasteiger partial charge in [0.2, 0.25) is 5.91 Å². The molecular weight excluding hydrogens is 390 g/mol. The highest BCUT2D eigenvalue weighted by Crippen LogP contribution is 2.32. The zero-order chi connectivity index (χ0) is 19.5. The van der Waals surface area contributed by atoms with Crippen molar-refractivity contribution >= 4 is 39.2 Å². The van der Waals surface area contributed by atoms with Crippen molar-refractivity contribution < 1.29 is 4.79 Å². The largest absolute Gasteiger partial charge is 0.369 e. The smallest absolute Gasteiger partial charge is 0.272 e. The number of primary amides is 1. The van der Waals surface area contributed by atoms with Gasteiger partial charge in [-0.1, -0.05) is 72.4 Å². The van der Waals surface area contributed by atoms with Gasteiger partial charge in [0.15, 0.2) is 5.16 Å². The number of carbonyl (C=O) groups excluding carboxylic acids is 1. The van der Waals surface area contributed by atoms with Crippen LogP contribution >= 0.6 is 23.1 Å². The summed E-state index contributed by atoms with van der Waals surface area (Å²) in [4.78, 5) is 30.2. The molecule has 28 heavy (non-hydrogen) atoms. The van der Waals surface area contributed by atoms with Crippen molar-refractivity contribution in [1.82, 2.24) is 9.55 Å². The van der Waals surface area contributed by atoms with Crippen molar-refractivity contribution in [2.24, 2.45) is 5.73 Å². The van der Waals surface area contributed by atoms with Gasteiger partial charge in [-0.25, -0.2) is 4.98 Å². The maximum absolute atomic E-state index is 13.2. The zero-order valence-electron chi connectivity index (χ0n) is 14.9. The van der Waals surface area contributed by atoms with Crippen LogP contribution in [0, 0.1) is 0 Å². The molecule has 0 aliphatic rings. The molecule has 5 nitrogen and oxygen atoms in total. The summed E-state index contributed by atoms with van der Waals surface area (Å²) < 4.78 is 2.23. The van der Waals surface area contributed by atoms with E-state index < -0.39 is 5.91 Å². The van der Waals surface area contributed by atoms with E-state index in [4.69, 9.17) is 5.73 Å². The molecule has 0 saturated carbocycles. The number of hydrogen-bond acceptors (Lipinski definition) is 5. The van der Waals surface area contributed by atoms with Crippen LogP contribution in [0.1, 0.15) is 5.56 Å². The molecule has 0 spiro atoms. The van der Waals surface area contributed by atoms with Gasteiger partial charge in [-0.05, 0) is 17.2 Å². The second-order valence-electron chi connectivity index (χ2n) is 6.22. The fourth-order valence-electron chi connectivity index (χ4n) is 2.89. The van der Waals surface area contributed by atoms with Gasteiger partial charge in [0.25, 0.3) is 5.56 Å². The van der Waals surface area contributed by atoms with Crippen LogP contribution in [0.2, 0.25) is 0 Å². The van der Waals surface area contributed by atoms with Gasteiger partial charge in [-0.15, -0.1) is 11.3 Å². The molecule has 4 rings (SSSR count). The first kappa shape index (κ1) is 18.5. The number of nitrogens with two attached hydrogens (primary N) is 1. The molecule has 0 saturated heterocycles. The number of thiophene rings is 1. The third-order valence-electron chi connectivity index (χ3n) is 4.18. The average molecular weight is 408 g/mol. The Hall–Kier alpha value is -2.90. The molecule has 2 aromatic carbocycles. The van der Waals surface area contributed by atoms with Crippen molar-refractivity contribution in [2.75, 3.05) is 5.75 Å². The summed E-state index contributed by atoms with van der Waals surface area (Å²) in [5.41, 5.74) is 7.88. The summed E-state index contributed by atoms with van der Waals surface area (Å²) >= 11 is 2.63. The molecule has 1 amide bonds. The van der Waals surface area contributed by atoms with E-state index in [-0.39, 0.29) is 11.3 Å². The topological polar surface area (TPSA) is 78.0 Å². The number of rotatable bonds is 6. The van der Waals surface area contributed by atoms with Crippen LogP contribution in [0.5, 0.6) is 0 Å². The fourth-order valence-corrected chi connectivity index (χ4v) is 4.68. The maximum atomic E-state index is 13.2. The summed E-state index contributed by atoms with van der Waals surface area (Å²) in [5.74, 6) is -0.372. The number of fused-ring (bicyclic) bond motifs is 1. The molecule has 0 fully saturated rings. The monoisotopic (exact) mass is 407 g/mol. The van der Waals surface area contributed by atoms with E-state index in [1.807, 2.05) is 66.7 Å². The summed E-state index contributed by atoms with van der Waals surface area (Å²) in [5, 5.41) is 0.498. The molecule has 0 aliphatic heterocycles. The Labute approximate surface area is 169 Å². The lowest BCUT2D eigenvalue weighted by atomic mass is 10.2. The molecule has 2 N–H and O–H groups in total. The van der Waals surface area contributed by atoms with Gasteiger partial charge >= 0.3 is 0 Å². The Morgan fingerprint density at radius 3 is 2.43 bits per heavy atom. The van der Waals surface area contributed by atoms with Crippen LogP contribution in [0.3, 0.4) is 0 Å². The standard InChI is InChI=1S/C21H17N3O2S2/c22-18(25)13-27-21-23-16-11-17(15-9-5-2-6-10-15)28-19(16)20(26)24(21)12-14-7-3-1-4-8-14/h1-11H,12-13H2,(H2,22,25). The van der Waals surface area contributed by atoms with Crippen LogP contribution in [-0.4, -0.2) is 21.2 Å². The maximum Gasteiger partial charge on any atom is 0.272 e. The van der Waals surface area contributed by atoms with Crippen molar-refractivity contribution in [3.63, 3.8) is 0 Å².